The van der Waals surface area contributed by atoms with E-state index in [2.05, 4.69) is 0 Å². The summed E-state index contributed by atoms with van der Waals surface area (Å²) in [6, 6.07) is -0.573. The summed E-state index contributed by atoms with van der Waals surface area (Å²) in [5.41, 5.74) is 5.65. The standard InChI is InChI=1S/C10H22N2O3/c1-4-14-7-6-12(3)8-9(11)10(13)15-5-2/h9H,4-8,11H2,1-3H3. The first-order chi connectivity index (χ1) is 7.11. The van der Waals surface area contributed by atoms with Gasteiger partial charge in [-0.2, -0.15) is 0 Å². The number of ether oxygens (including phenoxy) is 2. The van der Waals surface area contributed by atoms with Gasteiger partial charge in [-0.05, 0) is 20.9 Å². The molecule has 0 spiro atoms. The number of rotatable bonds is 8. The third-order valence-electron chi connectivity index (χ3n) is 1.92. The molecule has 0 radical (unpaired) electrons. The normalized spacial score (nSPS) is 12.9. The summed E-state index contributed by atoms with van der Waals surface area (Å²) in [5, 5.41) is 0. The van der Waals surface area contributed by atoms with E-state index in [1.807, 2.05) is 18.9 Å². The van der Waals surface area contributed by atoms with Gasteiger partial charge in [-0.25, -0.2) is 0 Å². The van der Waals surface area contributed by atoms with Crippen molar-refractivity contribution in [2.45, 2.75) is 19.9 Å². The van der Waals surface area contributed by atoms with Crippen molar-refractivity contribution in [2.24, 2.45) is 5.73 Å². The number of nitrogens with two attached hydrogens (primary N) is 1. The topological polar surface area (TPSA) is 64.8 Å². The van der Waals surface area contributed by atoms with Crippen molar-refractivity contribution in [2.75, 3.05) is 40.0 Å². The molecule has 0 aliphatic carbocycles. The molecule has 0 aromatic heterocycles. The first-order valence-corrected chi connectivity index (χ1v) is 5.30. The van der Waals surface area contributed by atoms with Gasteiger partial charge in [0.25, 0.3) is 0 Å². The third kappa shape index (κ3) is 7.30. The van der Waals surface area contributed by atoms with E-state index >= 15 is 0 Å². The summed E-state index contributed by atoms with van der Waals surface area (Å²) >= 11 is 0. The van der Waals surface area contributed by atoms with Crippen LogP contribution in [-0.4, -0.2) is 56.9 Å². The number of likely N-dealkylation sites (N-methyl/N-ethyl adjacent to an activating group) is 1. The highest BCUT2D eigenvalue weighted by Crippen LogP contribution is 1.91. The number of esters is 1. The Morgan fingerprint density at radius 1 is 1.40 bits per heavy atom. The molecule has 1 atom stereocenters. The lowest BCUT2D eigenvalue weighted by Gasteiger charge is -2.19. The monoisotopic (exact) mass is 218 g/mol. The van der Waals surface area contributed by atoms with Crippen molar-refractivity contribution >= 4 is 5.97 Å². The molecule has 2 N–H and O–H groups in total. The lowest BCUT2D eigenvalue weighted by Crippen LogP contribution is -2.43. The molecular formula is C10H22N2O3. The lowest BCUT2D eigenvalue weighted by molar-refractivity contribution is -0.145. The maximum absolute atomic E-state index is 11.2. The van der Waals surface area contributed by atoms with Crippen molar-refractivity contribution in [1.29, 1.82) is 0 Å². The van der Waals surface area contributed by atoms with Gasteiger partial charge < -0.3 is 20.1 Å². The average molecular weight is 218 g/mol. The molecule has 15 heavy (non-hydrogen) atoms. The summed E-state index contributed by atoms with van der Waals surface area (Å²) < 4.78 is 10.0. The van der Waals surface area contributed by atoms with Gasteiger partial charge in [0.15, 0.2) is 0 Å². The molecule has 0 aliphatic heterocycles. The molecule has 0 saturated heterocycles. The van der Waals surface area contributed by atoms with Crippen LogP contribution in [0, 0.1) is 0 Å². The van der Waals surface area contributed by atoms with Gasteiger partial charge in [0.05, 0.1) is 13.2 Å². The Labute approximate surface area is 91.5 Å². The zero-order valence-electron chi connectivity index (χ0n) is 9.86. The molecule has 0 rings (SSSR count). The van der Waals surface area contributed by atoms with Crippen LogP contribution in [0.15, 0.2) is 0 Å². The van der Waals surface area contributed by atoms with Crippen molar-refractivity contribution in [3.05, 3.63) is 0 Å². The van der Waals surface area contributed by atoms with Crippen LogP contribution in [0.5, 0.6) is 0 Å². The van der Waals surface area contributed by atoms with E-state index in [0.717, 1.165) is 6.54 Å². The third-order valence-corrected chi connectivity index (χ3v) is 1.92. The Bertz CT molecular complexity index is 176. The minimum Gasteiger partial charge on any atom is -0.465 e. The molecular weight excluding hydrogens is 196 g/mol. The van der Waals surface area contributed by atoms with E-state index in [0.29, 0.717) is 26.4 Å². The van der Waals surface area contributed by atoms with Gasteiger partial charge in [0.1, 0.15) is 6.04 Å². The Balaban J connectivity index is 3.65. The number of carbonyl (C=O) groups excluding carboxylic acids is 1. The molecule has 5 heteroatoms. The van der Waals surface area contributed by atoms with Crippen LogP contribution < -0.4 is 5.73 Å². The Kier molecular flexibility index (Phi) is 8.27. The first kappa shape index (κ1) is 14.3. The number of carbonyl (C=O) groups is 1. The van der Waals surface area contributed by atoms with Gasteiger partial charge in [0, 0.05) is 19.7 Å². The Hall–Kier alpha value is -0.650. The van der Waals surface area contributed by atoms with Gasteiger partial charge in [-0.15, -0.1) is 0 Å². The van der Waals surface area contributed by atoms with Crippen LogP contribution >= 0.6 is 0 Å². The van der Waals surface area contributed by atoms with Crippen LogP contribution in [0.4, 0.5) is 0 Å². The van der Waals surface area contributed by atoms with Crippen LogP contribution in [0.25, 0.3) is 0 Å². The maximum atomic E-state index is 11.2. The zero-order chi connectivity index (χ0) is 11.7. The van der Waals surface area contributed by atoms with Crippen LogP contribution in [0.3, 0.4) is 0 Å². The molecule has 0 aromatic carbocycles. The predicted molar refractivity (Wildman–Crippen MR) is 58.6 cm³/mol. The molecule has 0 fully saturated rings. The number of hydrogen-bond donors (Lipinski definition) is 1. The smallest absolute Gasteiger partial charge is 0.324 e. The SMILES string of the molecule is CCOCCN(C)CC(N)C(=O)OCC. The maximum Gasteiger partial charge on any atom is 0.324 e. The van der Waals surface area contributed by atoms with Gasteiger partial charge >= 0.3 is 5.97 Å². The lowest BCUT2D eigenvalue weighted by atomic mass is 10.3. The fourth-order valence-electron chi connectivity index (χ4n) is 1.12. The minimum atomic E-state index is -0.573. The molecule has 0 bridgehead atoms. The van der Waals surface area contributed by atoms with Crippen molar-refractivity contribution in [3.8, 4) is 0 Å². The highest BCUT2D eigenvalue weighted by atomic mass is 16.5. The average Bonchev–Trinajstić information content (AvgIpc) is 2.18. The van der Waals surface area contributed by atoms with Gasteiger partial charge in [-0.3, -0.25) is 4.79 Å². The molecule has 5 nitrogen and oxygen atoms in total. The fourth-order valence-corrected chi connectivity index (χ4v) is 1.12. The summed E-state index contributed by atoms with van der Waals surface area (Å²) in [4.78, 5) is 13.2. The highest BCUT2D eigenvalue weighted by molar-refractivity contribution is 5.75. The summed E-state index contributed by atoms with van der Waals surface area (Å²) in [6.45, 7) is 6.70. The van der Waals surface area contributed by atoms with Crippen LogP contribution in [0.2, 0.25) is 0 Å². The second kappa shape index (κ2) is 8.64. The van der Waals surface area contributed by atoms with Crippen LogP contribution in [-0.2, 0) is 14.3 Å². The Morgan fingerprint density at radius 2 is 2.07 bits per heavy atom. The molecule has 0 aromatic rings. The number of nitrogens with zero attached hydrogens (tertiary/aromatic N) is 1. The van der Waals surface area contributed by atoms with E-state index in [1.165, 1.54) is 0 Å². The van der Waals surface area contributed by atoms with E-state index < -0.39 is 6.04 Å². The van der Waals surface area contributed by atoms with Crippen LogP contribution in [0.1, 0.15) is 13.8 Å². The number of hydrogen-bond acceptors (Lipinski definition) is 5. The summed E-state index contributed by atoms with van der Waals surface area (Å²) in [7, 11) is 1.90. The molecule has 0 amide bonds. The molecule has 0 heterocycles. The Morgan fingerprint density at radius 3 is 2.60 bits per heavy atom. The molecule has 90 valence electrons. The highest BCUT2D eigenvalue weighted by Gasteiger charge is 2.16. The zero-order valence-corrected chi connectivity index (χ0v) is 9.86. The van der Waals surface area contributed by atoms with Crippen molar-refractivity contribution in [1.82, 2.24) is 4.90 Å². The van der Waals surface area contributed by atoms with E-state index in [-0.39, 0.29) is 5.97 Å². The molecule has 0 aliphatic rings. The second-order valence-corrected chi connectivity index (χ2v) is 3.32. The molecule has 1 unspecified atom stereocenters. The first-order valence-electron chi connectivity index (χ1n) is 5.30. The quantitative estimate of drug-likeness (QED) is 0.453. The van der Waals surface area contributed by atoms with Gasteiger partial charge in [0.2, 0.25) is 0 Å². The minimum absolute atomic E-state index is 0.347. The summed E-state index contributed by atoms with van der Waals surface area (Å²) in [5.74, 6) is -0.347. The fraction of sp³-hybridized carbons (Fsp3) is 0.900. The van der Waals surface area contributed by atoms with E-state index in [9.17, 15) is 4.79 Å². The van der Waals surface area contributed by atoms with E-state index in [4.69, 9.17) is 15.2 Å². The van der Waals surface area contributed by atoms with E-state index in [1.54, 1.807) is 6.92 Å². The molecule has 0 saturated carbocycles. The predicted octanol–water partition coefficient (Wildman–Crippen LogP) is -0.155. The second-order valence-electron chi connectivity index (χ2n) is 3.32. The largest absolute Gasteiger partial charge is 0.465 e. The summed E-state index contributed by atoms with van der Waals surface area (Å²) in [6.07, 6.45) is 0. The van der Waals surface area contributed by atoms with Gasteiger partial charge in [-0.1, -0.05) is 0 Å². The van der Waals surface area contributed by atoms with Crippen molar-refractivity contribution in [3.63, 3.8) is 0 Å². The van der Waals surface area contributed by atoms with Crippen molar-refractivity contribution < 1.29 is 14.3 Å².